The van der Waals surface area contributed by atoms with E-state index < -0.39 is 0 Å². The topological polar surface area (TPSA) is 50.7 Å². The molecule has 0 aliphatic heterocycles. The molecule has 2 aromatic rings. The van der Waals surface area contributed by atoms with Gasteiger partial charge in [-0.2, -0.15) is 0 Å². The number of hydrogen-bond donors (Lipinski definition) is 1. The van der Waals surface area contributed by atoms with Gasteiger partial charge in [-0.3, -0.25) is 4.98 Å². The van der Waals surface area contributed by atoms with Gasteiger partial charge in [0, 0.05) is 23.7 Å². The van der Waals surface area contributed by atoms with Crippen LogP contribution in [0.4, 0.5) is 0 Å². The molecule has 1 N–H and O–H groups in total. The van der Waals surface area contributed by atoms with E-state index >= 15 is 0 Å². The molecule has 17 heavy (non-hydrogen) atoms. The molecular weight excluding hydrogens is 212 g/mol. The number of aromatic nitrogens is 3. The van der Waals surface area contributed by atoms with Crippen LogP contribution in [0.15, 0.2) is 30.6 Å². The molecule has 2 aromatic heterocycles. The van der Waals surface area contributed by atoms with Crippen molar-refractivity contribution in [2.75, 3.05) is 6.54 Å². The molecule has 0 radical (unpaired) electrons. The molecular formula is C13H16N4. The third kappa shape index (κ3) is 3.07. The maximum absolute atomic E-state index is 4.54. The van der Waals surface area contributed by atoms with E-state index in [1.54, 1.807) is 12.4 Å². The number of hydrogen-bond acceptors (Lipinski definition) is 4. The van der Waals surface area contributed by atoms with Crippen LogP contribution in [0.2, 0.25) is 0 Å². The smallest absolute Gasteiger partial charge is 0.143 e. The van der Waals surface area contributed by atoms with Crippen molar-refractivity contribution in [3.05, 3.63) is 42.1 Å². The maximum atomic E-state index is 4.54. The van der Waals surface area contributed by atoms with Gasteiger partial charge < -0.3 is 5.32 Å². The highest BCUT2D eigenvalue weighted by molar-refractivity contribution is 5.58. The van der Waals surface area contributed by atoms with Crippen LogP contribution in [0, 0.1) is 6.92 Å². The number of nitrogens with zero attached hydrogens (tertiary/aromatic N) is 3. The SMILES string of the molecule is CCNCc1nc(C)cc(-c2ccncc2)n1. The Morgan fingerprint density at radius 3 is 2.65 bits per heavy atom. The van der Waals surface area contributed by atoms with Gasteiger partial charge in [-0.15, -0.1) is 0 Å². The second kappa shape index (κ2) is 5.50. The van der Waals surface area contributed by atoms with Crippen LogP contribution in [0.25, 0.3) is 11.3 Å². The van der Waals surface area contributed by atoms with Crippen molar-refractivity contribution in [3.63, 3.8) is 0 Å². The molecule has 0 amide bonds. The standard InChI is InChI=1S/C13H16N4/c1-3-14-9-13-16-10(2)8-12(17-13)11-4-6-15-7-5-11/h4-8,14H,3,9H2,1-2H3. The first-order valence-corrected chi connectivity index (χ1v) is 5.75. The van der Waals surface area contributed by atoms with Crippen molar-refractivity contribution in [2.24, 2.45) is 0 Å². The van der Waals surface area contributed by atoms with Crippen LogP contribution in [0.3, 0.4) is 0 Å². The molecule has 0 saturated heterocycles. The zero-order valence-electron chi connectivity index (χ0n) is 10.1. The molecule has 0 spiro atoms. The monoisotopic (exact) mass is 228 g/mol. The lowest BCUT2D eigenvalue weighted by atomic mass is 10.2. The lowest BCUT2D eigenvalue weighted by molar-refractivity contribution is 0.688. The number of nitrogens with one attached hydrogen (secondary N) is 1. The van der Waals surface area contributed by atoms with Gasteiger partial charge in [0.1, 0.15) is 5.82 Å². The van der Waals surface area contributed by atoms with Gasteiger partial charge in [-0.05, 0) is 31.7 Å². The first-order valence-electron chi connectivity index (χ1n) is 5.75. The highest BCUT2D eigenvalue weighted by Crippen LogP contribution is 2.16. The summed E-state index contributed by atoms with van der Waals surface area (Å²) in [6.07, 6.45) is 3.55. The summed E-state index contributed by atoms with van der Waals surface area (Å²) in [7, 11) is 0. The Morgan fingerprint density at radius 1 is 1.18 bits per heavy atom. The van der Waals surface area contributed by atoms with Crippen LogP contribution in [0.5, 0.6) is 0 Å². The summed E-state index contributed by atoms with van der Waals surface area (Å²) in [5, 5.41) is 3.23. The first kappa shape index (κ1) is 11.7. The normalized spacial score (nSPS) is 10.5. The van der Waals surface area contributed by atoms with Gasteiger partial charge in [-0.25, -0.2) is 9.97 Å². The minimum Gasteiger partial charge on any atom is -0.310 e. The number of pyridine rings is 1. The Labute approximate surface area is 101 Å². The Kier molecular flexibility index (Phi) is 3.77. The molecule has 4 nitrogen and oxygen atoms in total. The molecule has 0 fully saturated rings. The van der Waals surface area contributed by atoms with Crippen LogP contribution < -0.4 is 5.32 Å². The lowest BCUT2D eigenvalue weighted by Gasteiger charge is -2.06. The summed E-state index contributed by atoms with van der Waals surface area (Å²) in [6.45, 7) is 5.68. The zero-order chi connectivity index (χ0) is 12.1. The average Bonchev–Trinajstić information content (AvgIpc) is 2.37. The second-order valence-electron chi connectivity index (χ2n) is 3.83. The van der Waals surface area contributed by atoms with Gasteiger partial charge in [0.25, 0.3) is 0 Å². The van der Waals surface area contributed by atoms with Crippen molar-refractivity contribution in [3.8, 4) is 11.3 Å². The third-order valence-electron chi connectivity index (χ3n) is 2.41. The van der Waals surface area contributed by atoms with E-state index in [9.17, 15) is 0 Å². The number of rotatable bonds is 4. The minimum absolute atomic E-state index is 0.705. The summed E-state index contributed by atoms with van der Waals surface area (Å²) in [6, 6.07) is 5.91. The maximum Gasteiger partial charge on any atom is 0.143 e. The van der Waals surface area contributed by atoms with E-state index in [0.717, 1.165) is 29.3 Å². The number of aryl methyl sites for hydroxylation is 1. The largest absolute Gasteiger partial charge is 0.310 e. The second-order valence-corrected chi connectivity index (χ2v) is 3.83. The summed E-state index contributed by atoms with van der Waals surface area (Å²) >= 11 is 0. The van der Waals surface area contributed by atoms with Crippen molar-refractivity contribution >= 4 is 0 Å². The van der Waals surface area contributed by atoms with Crippen molar-refractivity contribution in [1.29, 1.82) is 0 Å². The van der Waals surface area contributed by atoms with Crippen LogP contribution in [0.1, 0.15) is 18.4 Å². The molecule has 0 unspecified atom stereocenters. The Morgan fingerprint density at radius 2 is 1.94 bits per heavy atom. The quantitative estimate of drug-likeness (QED) is 0.869. The molecule has 2 heterocycles. The van der Waals surface area contributed by atoms with Gasteiger partial charge in [0.15, 0.2) is 0 Å². The molecule has 0 aliphatic rings. The van der Waals surface area contributed by atoms with Crippen LogP contribution in [-0.4, -0.2) is 21.5 Å². The fraction of sp³-hybridized carbons (Fsp3) is 0.308. The molecule has 0 saturated carbocycles. The van der Waals surface area contributed by atoms with E-state index in [1.807, 2.05) is 25.1 Å². The molecule has 4 heteroatoms. The van der Waals surface area contributed by atoms with Gasteiger partial charge in [-0.1, -0.05) is 6.92 Å². The van der Waals surface area contributed by atoms with E-state index in [0.29, 0.717) is 6.54 Å². The van der Waals surface area contributed by atoms with Crippen molar-refractivity contribution < 1.29 is 0 Å². The van der Waals surface area contributed by atoms with E-state index in [1.165, 1.54) is 0 Å². The molecule has 0 bridgehead atoms. The predicted molar refractivity (Wildman–Crippen MR) is 67.4 cm³/mol. The van der Waals surface area contributed by atoms with Crippen molar-refractivity contribution in [2.45, 2.75) is 20.4 Å². The van der Waals surface area contributed by atoms with E-state index in [4.69, 9.17) is 0 Å². The third-order valence-corrected chi connectivity index (χ3v) is 2.41. The van der Waals surface area contributed by atoms with Gasteiger partial charge in [0.05, 0.1) is 12.2 Å². The predicted octanol–water partition coefficient (Wildman–Crippen LogP) is 1.96. The molecule has 2 rings (SSSR count). The minimum atomic E-state index is 0.705. The molecule has 0 atom stereocenters. The molecule has 0 aromatic carbocycles. The summed E-state index contributed by atoms with van der Waals surface area (Å²) in [4.78, 5) is 13.0. The Bertz CT molecular complexity index is 482. The fourth-order valence-electron chi connectivity index (χ4n) is 1.62. The van der Waals surface area contributed by atoms with Gasteiger partial charge >= 0.3 is 0 Å². The van der Waals surface area contributed by atoms with E-state index in [2.05, 4.69) is 27.2 Å². The Balaban J connectivity index is 2.32. The zero-order valence-corrected chi connectivity index (χ0v) is 10.1. The molecule has 88 valence electrons. The fourth-order valence-corrected chi connectivity index (χ4v) is 1.62. The highest BCUT2D eigenvalue weighted by Gasteiger charge is 2.03. The van der Waals surface area contributed by atoms with Crippen molar-refractivity contribution in [1.82, 2.24) is 20.3 Å². The van der Waals surface area contributed by atoms with E-state index in [-0.39, 0.29) is 0 Å². The van der Waals surface area contributed by atoms with Gasteiger partial charge in [0.2, 0.25) is 0 Å². The first-order chi connectivity index (χ1) is 8.29. The summed E-state index contributed by atoms with van der Waals surface area (Å²) in [5.74, 6) is 0.832. The summed E-state index contributed by atoms with van der Waals surface area (Å²) < 4.78 is 0. The lowest BCUT2D eigenvalue weighted by Crippen LogP contribution is -2.15. The summed E-state index contributed by atoms with van der Waals surface area (Å²) in [5.41, 5.74) is 3.01. The Hall–Kier alpha value is -1.81. The van der Waals surface area contributed by atoms with Crippen LogP contribution >= 0.6 is 0 Å². The van der Waals surface area contributed by atoms with Crippen LogP contribution in [-0.2, 0) is 6.54 Å². The molecule has 0 aliphatic carbocycles. The highest BCUT2D eigenvalue weighted by atomic mass is 15.0. The average molecular weight is 228 g/mol.